The molecule has 0 saturated heterocycles. The Morgan fingerprint density at radius 2 is 2.05 bits per heavy atom. The van der Waals surface area contributed by atoms with E-state index >= 15 is 0 Å². The van der Waals surface area contributed by atoms with E-state index in [2.05, 4.69) is 0 Å². The van der Waals surface area contributed by atoms with Gasteiger partial charge in [-0.1, -0.05) is 24.4 Å². The van der Waals surface area contributed by atoms with Gasteiger partial charge >= 0.3 is 0 Å². The largest absolute Gasteiger partial charge is 0.493 e. The smallest absolute Gasteiger partial charge is 0.251 e. The van der Waals surface area contributed by atoms with Crippen molar-refractivity contribution in [1.29, 1.82) is 0 Å². The number of para-hydroxylation sites is 1. The minimum Gasteiger partial charge on any atom is -0.493 e. The summed E-state index contributed by atoms with van der Waals surface area (Å²) in [6.45, 7) is 0.542. The molecule has 0 fully saturated rings. The Bertz CT molecular complexity index is 447. The van der Waals surface area contributed by atoms with Gasteiger partial charge in [0.2, 0.25) is 0 Å². The number of nitrogens with two attached hydrogens (primary N) is 1. The maximum Gasteiger partial charge on any atom is 0.251 e. The van der Waals surface area contributed by atoms with Crippen molar-refractivity contribution in [3.63, 3.8) is 0 Å². The van der Waals surface area contributed by atoms with Crippen LogP contribution in [0.1, 0.15) is 12.0 Å². The molecule has 0 radical (unpaired) electrons. The molecule has 1 aromatic carbocycles. The number of alkyl halides is 2. The zero-order valence-corrected chi connectivity index (χ0v) is 12.5. The van der Waals surface area contributed by atoms with E-state index in [0.717, 1.165) is 0 Å². The molecule has 0 heterocycles. The maximum atomic E-state index is 12.3. The van der Waals surface area contributed by atoms with Gasteiger partial charge in [0.1, 0.15) is 10.7 Å². The first-order valence-electron chi connectivity index (χ1n) is 6.67. The van der Waals surface area contributed by atoms with Crippen molar-refractivity contribution in [2.75, 3.05) is 32.8 Å². The summed E-state index contributed by atoms with van der Waals surface area (Å²) in [5.74, 6) is 0.590. The van der Waals surface area contributed by atoms with E-state index in [1.807, 2.05) is 12.1 Å². The van der Waals surface area contributed by atoms with Crippen molar-refractivity contribution < 1.29 is 18.6 Å². The lowest BCUT2D eigenvalue weighted by molar-refractivity contribution is 0.0754. The number of rotatable bonds is 10. The topological polar surface area (TPSA) is 58.7 Å². The second-order valence-corrected chi connectivity index (χ2v) is 4.92. The van der Waals surface area contributed by atoms with Gasteiger partial charge in [0.25, 0.3) is 6.43 Å². The van der Waals surface area contributed by atoms with Crippen LogP contribution in [0.4, 0.5) is 8.78 Å². The molecule has 0 unspecified atom stereocenters. The van der Waals surface area contributed by atoms with Crippen molar-refractivity contribution in [2.45, 2.75) is 12.8 Å². The third kappa shape index (κ3) is 6.79. The molecule has 1 aromatic rings. The lowest BCUT2D eigenvalue weighted by Crippen LogP contribution is -2.33. The summed E-state index contributed by atoms with van der Waals surface area (Å²) in [6.07, 6.45) is -1.84. The Morgan fingerprint density at radius 1 is 1.33 bits per heavy atom. The predicted octanol–water partition coefficient (Wildman–Crippen LogP) is 1.65. The summed E-state index contributed by atoms with van der Waals surface area (Å²) in [7, 11) is 0. The number of benzene rings is 1. The molecule has 0 bridgehead atoms. The molecule has 0 amide bonds. The van der Waals surface area contributed by atoms with Gasteiger partial charge in [-0.05, 0) is 18.6 Å². The number of hydrogen-bond acceptors (Lipinski definition) is 4. The number of ether oxygens (including phenoxy) is 1. The number of nitrogens with zero attached hydrogens (tertiary/aromatic N) is 1. The van der Waals surface area contributed by atoms with Crippen molar-refractivity contribution in [1.82, 2.24) is 4.90 Å². The van der Waals surface area contributed by atoms with Crippen LogP contribution in [0.15, 0.2) is 24.3 Å². The van der Waals surface area contributed by atoms with E-state index in [0.29, 0.717) is 30.9 Å². The van der Waals surface area contributed by atoms with Gasteiger partial charge in [0, 0.05) is 13.1 Å². The average Bonchev–Trinajstić information content (AvgIpc) is 2.43. The second-order valence-electron chi connectivity index (χ2n) is 4.48. The molecule has 3 N–H and O–H groups in total. The summed E-state index contributed by atoms with van der Waals surface area (Å²) in [5, 5.41) is 8.84. The Labute approximate surface area is 128 Å². The van der Waals surface area contributed by atoms with Gasteiger partial charge in [0.15, 0.2) is 0 Å². The lowest BCUT2D eigenvalue weighted by atomic mass is 10.2. The van der Waals surface area contributed by atoms with Crippen molar-refractivity contribution >= 4 is 17.2 Å². The molecule has 0 spiro atoms. The lowest BCUT2D eigenvalue weighted by Gasteiger charge is -2.20. The fourth-order valence-corrected chi connectivity index (χ4v) is 2.07. The standard InChI is InChI=1S/C14H20F2N2O2S/c15-13(16)10-18(7-8-19)6-3-9-20-12-5-2-1-4-11(12)14(17)21/h1-2,4-5,13,19H,3,6-10H2,(H2,17,21). The average molecular weight is 318 g/mol. The van der Waals surface area contributed by atoms with Gasteiger partial charge in [-0.25, -0.2) is 8.78 Å². The van der Waals surface area contributed by atoms with Crippen LogP contribution in [0, 0.1) is 0 Å². The molecule has 0 aliphatic heterocycles. The normalized spacial score (nSPS) is 11.1. The minimum atomic E-state index is -2.41. The van der Waals surface area contributed by atoms with E-state index in [-0.39, 0.29) is 24.7 Å². The van der Waals surface area contributed by atoms with Crippen LogP contribution in [-0.2, 0) is 0 Å². The first-order valence-corrected chi connectivity index (χ1v) is 7.08. The van der Waals surface area contributed by atoms with Crippen LogP contribution >= 0.6 is 12.2 Å². The summed E-state index contributed by atoms with van der Waals surface area (Å²) in [4.78, 5) is 1.76. The summed E-state index contributed by atoms with van der Waals surface area (Å²) in [6, 6.07) is 7.16. The Kier molecular flexibility index (Phi) is 8.11. The predicted molar refractivity (Wildman–Crippen MR) is 82.0 cm³/mol. The number of aliphatic hydroxyl groups is 1. The number of aliphatic hydroxyl groups excluding tert-OH is 1. The second kappa shape index (κ2) is 9.59. The zero-order valence-electron chi connectivity index (χ0n) is 11.7. The molecule has 7 heteroatoms. The highest BCUT2D eigenvalue weighted by molar-refractivity contribution is 7.80. The van der Waals surface area contributed by atoms with Crippen LogP contribution < -0.4 is 10.5 Å². The van der Waals surface area contributed by atoms with Crippen molar-refractivity contribution in [2.24, 2.45) is 5.73 Å². The monoisotopic (exact) mass is 318 g/mol. The molecule has 0 aliphatic carbocycles. The van der Waals surface area contributed by atoms with Crippen LogP contribution in [0.2, 0.25) is 0 Å². The minimum absolute atomic E-state index is 0.141. The molecular weight excluding hydrogens is 298 g/mol. The van der Waals surface area contributed by atoms with E-state index < -0.39 is 6.43 Å². The molecule has 0 saturated carbocycles. The van der Waals surface area contributed by atoms with Crippen LogP contribution in [-0.4, -0.2) is 54.3 Å². The third-order valence-electron chi connectivity index (χ3n) is 2.84. The molecule has 0 aliphatic rings. The third-order valence-corrected chi connectivity index (χ3v) is 3.06. The summed E-state index contributed by atoms with van der Waals surface area (Å²) in [5.41, 5.74) is 6.25. The van der Waals surface area contributed by atoms with Gasteiger partial charge in [-0.2, -0.15) is 0 Å². The van der Waals surface area contributed by atoms with Crippen LogP contribution in [0.5, 0.6) is 5.75 Å². The Hall–Kier alpha value is -1.31. The molecule has 1 rings (SSSR count). The van der Waals surface area contributed by atoms with Crippen LogP contribution in [0.25, 0.3) is 0 Å². The van der Waals surface area contributed by atoms with E-state index in [9.17, 15) is 8.78 Å². The SMILES string of the molecule is NC(=S)c1ccccc1OCCCN(CCO)CC(F)F. The highest BCUT2D eigenvalue weighted by atomic mass is 32.1. The number of hydrogen-bond donors (Lipinski definition) is 2. The van der Waals surface area contributed by atoms with Crippen LogP contribution in [0.3, 0.4) is 0 Å². The van der Waals surface area contributed by atoms with E-state index in [1.165, 1.54) is 4.90 Å². The fourth-order valence-electron chi connectivity index (χ4n) is 1.90. The number of halogens is 2. The summed E-state index contributed by atoms with van der Waals surface area (Å²) < 4.78 is 30.3. The molecule has 0 aromatic heterocycles. The quantitative estimate of drug-likeness (QED) is 0.507. The summed E-state index contributed by atoms with van der Waals surface area (Å²) >= 11 is 4.93. The highest BCUT2D eigenvalue weighted by Crippen LogP contribution is 2.17. The van der Waals surface area contributed by atoms with Crippen molar-refractivity contribution in [3.05, 3.63) is 29.8 Å². The number of thiocarbonyl (C=S) groups is 1. The first kappa shape index (κ1) is 17.7. The van der Waals surface area contributed by atoms with E-state index in [1.54, 1.807) is 12.1 Å². The first-order chi connectivity index (χ1) is 10.0. The highest BCUT2D eigenvalue weighted by Gasteiger charge is 2.11. The van der Waals surface area contributed by atoms with E-state index in [4.69, 9.17) is 27.8 Å². The van der Waals surface area contributed by atoms with Crippen molar-refractivity contribution in [3.8, 4) is 5.75 Å². The fraction of sp³-hybridized carbons (Fsp3) is 0.500. The molecule has 0 atom stereocenters. The molecule has 118 valence electrons. The van der Waals surface area contributed by atoms with Gasteiger partial charge in [-0.3, -0.25) is 4.90 Å². The van der Waals surface area contributed by atoms with Gasteiger partial charge in [0.05, 0.1) is 25.3 Å². The zero-order chi connectivity index (χ0) is 15.7. The Morgan fingerprint density at radius 3 is 2.67 bits per heavy atom. The maximum absolute atomic E-state index is 12.3. The molecule has 21 heavy (non-hydrogen) atoms. The van der Waals surface area contributed by atoms with Gasteiger partial charge < -0.3 is 15.6 Å². The Balaban J connectivity index is 2.41. The van der Waals surface area contributed by atoms with Gasteiger partial charge in [-0.15, -0.1) is 0 Å². The molecular formula is C14H20F2N2O2S. The molecule has 4 nitrogen and oxygen atoms in total.